The number of nitrogens with zero attached hydrogens (tertiary/aromatic N) is 2. The van der Waals surface area contributed by atoms with Crippen LogP contribution in [0.1, 0.15) is 19.3 Å². The second-order valence-electron chi connectivity index (χ2n) is 4.08. The highest BCUT2D eigenvalue weighted by molar-refractivity contribution is 6.29. The van der Waals surface area contributed by atoms with Crippen molar-refractivity contribution >= 4 is 23.5 Å². The maximum atomic E-state index is 11.6. The van der Waals surface area contributed by atoms with Crippen molar-refractivity contribution in [3.63, 3.8) is 0 Å². The van der Waals surface area contributed by atoms with Crippen molar-refractivity contribution in [2.24, 2.45) is 0 Å². The first kappa shape index (κ1) is 13.0. The molecule has 98 valence electrons. The topological polar surface area (TPSA) is 76.1 Å². The minimum atomic E-state index is -0.146. The Bertz CT molecular complexity index is 437. The summed E-state index contributed by atoms with van der Waals surface area (Å²) < 4.78 is 4.94. The van der Waals surface area contributed by atoms with E-state index in [-0.39, 0.29) is 17.0 Å². The van der Waals surface area contributed by atoms with Crippen LogP contribution in [0.25, 0.3) is 0 Å². The molecule has 1 aromatic rings. The number of rotatable bonds is 6. The van der Waals surface area contributed by atoms with E-state index in [1.807, 2.05) is 0 Å². The fourth-order valence-corrected chi connectivity index (χ4v) is 1.60. The van der Waals surface area contributed by atoms with Crippen LogP contribution in [-0.2, 0) is 4.79 Å². The first-order chi connectivity index (χ1) is 8.67. The lowest BCUT2D eigenvalue weighted by molar-refractivity contribution is -0.116. The van der Waals surface area contributed by atoms with Gasteiger partial charge in [0, 0.05) is 25.1 Å². The number of carbonyl (C=O) groups excluding carboxylic acids is 1. The van der Waals surface area contributed by atoms with E-state index in [1.165, 1.54) is 26.0 Å². The smallest absolute Gasteiger partial charge is 0.234 e. The Kier molecular flexibility index (Phi) is 4.33. The molecule has 2 N–H and O–H groups in total. The van der Waals surface area contributed by atoms with Crippen molar-refractivity contribution in [3.8, 4) is 5.88 Å². The Morgan fingerprint density at radius 1 is 1.56 bits per heavy atom. The molecule has 0 unspecified atom stereocenters. The first-order valence-electron chi connectivity index (χ1n) is 5.79. The standard InChI is InChI=1S/C11H15ClN4O2/c1-18-10-6-8(12)14-11(16-10)15-9(17)4-5-13-7-2-3-7/h6-7,13H,2-5H2,1H3,(H,14,15,16,17). The van der Waals surface area contributed by atoms with E-state index in [2.05, 4.69) is 20.6 Å². The van der Waals surface area contributed by atoms with Crippen molar-refractivity contribution in [1.82, 2.24) is 15.3 Å². The molecular weight excluding hydrogens is 256 g/mol. The zero-order valence-electron chi connectivity index (χ0n) is 10.1. The van der Waals surface area contributed by atoms with Gasteiger partial charge in [-0.2, -0.15) is 4.98 Å². The molecule has 7 heteroatoms. The number of ether oxygens (including phenoxy) is 1. The zero-order valence-corrected chi connectivity index (χ0v) is 10.8. The monoisotopic (exact) mass is 270 g/mol. The van der Waals surface area contributed by atoms with Gasteiger partial charge in [-0.3, -0.25) is 10.1 Å². The van der Waals surface area contributed by atoms with Gasteiger partial charge in [0.05, 0.1) is 7.11 Å². The maximum Gasteiger partial charge on any atom is 0.234 e. The van der Waals surface area contributed by atoms with Crippen LogP contribution in [0.15, 0.2) is 6.07 Å². The zero-order chi connectivity index (χ0) is 13.0. The molecule has 1 heterocycles. The molecule has 1 aliphatic rings. The predicted octanol–water partition coefficient (Wildman–Crippen LogP) is 1.22. The van der Waals surface area contributed by atoms with Crippen molar-refractivity contribution in [2.75, 3.05) is 19.0 Å². The van der Waals surface area contributed by atoms with E-state index >= 15 is 0 Å². The summed E-state index contributed by atoms with van der Waals surface area (Å²) in [6.07, 6.45) is 2.79. The van der Waals surface area contributed by atoms with Crippen molar-refractivity contribution < 1.29 is 9.53 Å². The van der Waals surface area contributed by atoms with Gasteiger partial charge in [-0.1, -0.05) is 11.6 Å². The summed E-state index contributed by atoms with van der Waals surface area (Å²) in [5.74, 6) is 0.338. The van der Waals surface area contributed by atoms with E-state index < -0.39 is 0 Å². The molecule has 0 saturated heterocycles. The number of nitrogens with one attached hydrogen (secondary N) is 2. The molecule has 0 radical (unpaired) electrons. The minimum Gasteiger partial charge on any atom is -0.481 e. The molecule has 2 rings (SSSR count). The molecule has 0 aromatic carbocycles. The second-order valence-corrected chi connectivity index (χ2v) is 4.47. The number of hydrogen-bond donors (Lipinski definition) is 2. The van der Waals surface area contributed by atoms with Crippen LogP contribution in [-0.4, -0.2) is 35.6 Å². The molecule has 1 aromatic heterocycles. The second kappa shape index (κ2) is 5.97. The van der Waals surface area contributed by atoms with Crippen molar-refractivity contribution in [2.45, 2.75) is 25.3 Å². The summed E-state index contributed by atoms with van der Waals surface area (Å²) >= 11 is 5.77. The quantitative estimate of drug-likeness (QED) is 0.760. The lowest BCUT2D eigenvalue weighted by Gasteiger charge is -2.06. The summed E-state index contributed by atoms with van der Waals surface area (Å²) in [4.78, 5) is 19.5. The number of carbonyl (C=O) groups is 1. The third-order valence-corrected chi connectivity index (χ3v) is 2.69. The third kappa shape index (κ3) is 4.12. The number of anilines is 1. The molecule has 1 fully saturated rings. The van der Waals surface area contributed by atoms with Crippen LogP contribution in [0.4, 0.5) is 5.95 Å². The van der Waals surface area contributed by atoms with Gasteiger partial charge in [0.2, 0.25) is 17.7 Å². The van der Waals surface area contributed by atoms with Crippen LogP contribution in [0.3, 0.4) is 0 Å². The van der Waals surface area contributed by atoms with E-state index in [4.69, 9.17) is 16.3 Å². The highest BCUT2D eigenvalue weighted by atomic mass is 35.5. The van der Waals surface area contributed by atoms with E-state index in [0.29, 0.717) is 24.9 Å². The minimum absolute atomic E-state index is 0.146. The van der Waals surface area contributed by atoms with Crippen LogP contribution < -0.4 is 15.4 Å². The lowest BCUT2D eigenvalue weighted by atomic mass is 10.4. The summed E-state index contributed by atoms with van der Waals surface area (Å²) in [5, 5.41) is 6.07. The Hall–Kier alpha value is -1.40. The van der Waals surface area contributed by atoms with Gasteiger partial charge in [0.15, 0.2) is 0 Å². The fraction of sp³-hybridized carbons (Fsp3) is 0.545. The molecule has 1 aliphatic carbocycles. The molecule has 18 heavy (non-hydrogen) atoms. The molecule has 1 amide bonds. The van der Waals surface area contributed by atoms with E-state index in [1.54, 1.807) is 0 Å². The number of halogens is 1. The van der Waals surface area contributed by atoms with Gasteiger partial charge in [0.25, 0.3) is 0 Å². The molecule has 0 aliphatic heterocycles. The average Bonchev–Trinajstić information content (AvgIpc) is 3.12. The van der Waals surface area contributed by atoms with Gasteiger partial charge in [0.1, 0.15) is 5.15 Å². The SMILES string of the molecule is COc1cc(Cl)nc(NC(=O)CCNC2CC2)n1. The molecule has 1 saturated carbocycles. The predicted molar refractivity (Wildman–Crippen MR) is 67.9 cm³/mol. The number of amides is 1. The largest absolute Gasteiger partial charge is 0.481 e. The van der Waals surface area contributed by atoms with Gasteiger partial charge >= 0.3 is 0 Å². The van der Waals surface area contributed by atoms with Gasteiger partial charge < -0.3 is 10.1 Å². The Morgan fingerprint density at radius 2 is 2.33 bits per heavy atom. The highest BCUT2D eigenvalue weighted by Gasteiger charge is 2.20. The van der Waals surface area contributed by atoms with Gasteiger partial charge in [-0.05, 0) is 12.8 Å². The van der Waals surface area contributed by atoms with E-state index in [0.717, 1.165) is 0 Å². The normalized spacial score (nSPS) is 14.3. The van der Waals surface area contributed by atoms with Crippen molar-refractivity contribution in [1.29, 1.82) is 0 Å². The molecule has 0 atom stereocenters. The van der Waals surface area contributed by atoms with Crippen LogP contribution >= 0.6 is 11.6 Å². The van der Waals surface area contributed by atoms with Gasteiger partial charge in [-0.15, -0.1) is 0 Å². The molecule has 6 nitrogen and oxygen atoms in total. The number of aromatic nitrogens is 2. The average molecular weight is 271 g/mol. The van der Waals surface area contributed by atoms with Crippen LogP contribution in [0.5, 0.6) is 5.88 Å². The number of methoxy groups -OCH3 is 1. The highest BCUT2D eigenvalue weighted by Crippen LogP contribution is 2.18. The Labute approximate surface area is 110 Å². The number of hydrogen-bond acceptors (Lipinski definition) is 5. The van der Waals surface area contributed by atoms with Crippen LogP contribution in [0, 0.1) is 0 Å². The fourth-order valence-electron chi connectivity index (χ4n) is 1.42. The Morgan fingerprint density at radius 3 is 3.00 bits per heavy atom. The summed E-state index contributed by atoms with van der Waals surface area (Å²) in [6.45, 7) is 0.661. The third-order valence-electron chi connectivity index (χ3n) is 2.49. The summed E-state index contributed by atoms with van der Waals surface area (Å²) in [6, 6.07) is 2.08. The molecule has 0 bridgehead atoms. The van der Waals surface area contributed by atoms with E-state index in [9.17, 15) is 4.79 Å². The summed E-state index contributed by atoms with van der Waals surface area (Å²) in [7, 11) is 1.48. The molecular formula is C11H15ClN4O2. The Balaban J connectivity index is 1.83. The molecule has 0 spiro atoms. The van der Waals surface area contributed by atoms with Crippen LogP contribution in [0.2, 0.25) is 5.15 Å². The lowest BCUT2D eigenvalue weighted by Crippen LogP contribution is -2.23. The van der Waals surface area contributed by atoms with Gasteiger partial charge in [-0.25, -0.2) is 4.98 Å². The first-order valence-corrected chi connectivity index (χ1v) is 6.17. The summed E-state index contributed by atoms with van der Waals surface area (Å²) in [5.41, 5.74) is 0. The maximum absolute atomic E-state index is 11.6. The van der Waals surface area contributed by atoms with Crippen molar-refractivity contribution in [3.05, 3.63) is 11.2 Å².